The molecule has 6 nitrogen and oxygen atoms in total. The summed E-state index contributed by atoms with van der Waals surface area (Å²) in [6, 6.07) is 3.24. The van der Waals surface area contributed by atoms with Crippen molar-refractivity contribution < 1.29 is 17.9 Å². The van der Waals surface area contributed by atoms with Gasteiger partial charge in [0, 0.05) is 26.8 Å². The van der Waals surface area contributed by atoms with Crippen molar-refractivity contribution in [3.05, 3.63) is 23.3 Å². The molecule has 0 radical (unpaired) electrons. The van der Waals surface area contributed by atoms with E-state index in [1.807, 2.05) is 27.7 Å². The van der Waals surface area contributed by atoms with E-state index in [2.05, 4.69) is 4.72 Å². The minimum absolute atomic E-state index is 0.0279. The predicted molar refractivity (Wildman–Crippen MR) is 93.9 cm³/mol. The Balaban J connectivity index is 2.29. The van der Waals surface area contributed by atoms with Crippen LogP contribution in [0, 0.1) is 6.92 Å². The van der Waals surface area contributed by atoms with Crippen LogP contribution in [0.25, 0.3) is 0 Å². The molecular formula is C17H26N2O4S. The molecule has 0 bridgehead atoms. The zero-order valence-corrected chi connectivity index (χ0v) is 15.8. The fourth-order valence-corrected chi connectivity index (χ4v) is 4.25. The SMILES string of the molecule is CCOCCCNS(=O)(=O)c1cc(C)c2c(c1)C(C)(C)C(=O)N2C. The number of benzene rings is 1. The first kappa shape index (κ1) is 18.9. The zero-order chi connectivity index (χ0) is 18.1. The van der Waals surface area contributed by atoms with Crippen molar-refractivity contribution in [2.24, 2.45) is 0 Å². The van der Waals surface area contributed by atoms with Gasteiger partial charge in [0.15, 0.2) is 0 Å². The number of fused-ring (bicyclic) bond motifs is 1. The second-order valence-corrected chi connectivity index (χ2v) is 8.34. The first-order valence-corrected chi connectivity index (χ1v) is 9.62. The lowest BCUT2D eigenvalue weighted by atomic mass is 9.85. The van der Waals surface area contributed by atoms with E-state index in [0.29, 0.717) is 26.2 Å². The van der Waals surface area contributed by atoms with Gasteiger partial charge in [-0.3, -0.25) is 4.79 Å². The Morgan fingerprint density at radius 2 is 1.96 bits per heavy atom. The molecule has 1 aliphatic heterocycles. The van der Waals surface area contributed by atoms with E-state index in [9.17, 15) is 13.2 Å². The van der Waals surface area contributed by atoms with Gasteiger partial charge in [0.2, 0.25) is 15.9 Å². The average molecular weight is 354 g/mol. The van der Waals surface area contributed by atoms with Crippen molar-refractivity contribution in [2.75, 3.05) is 31.7 Å². The van der Waals surface area contributed by atoms with Crippen molar-refractivity contribution in [1.82, 2.24) is 4.72 Å². The van der Waals surface area contributed by atoms with Crippen LogP contribution >= 0.6 is 0 Å². The highest BCUT2D eigenvalue weighted by Crippen LogP contribution is 2.43. The maximum Gasteiger partial charge on any atom is 0.240 e. The number of carbonyl (C=O) groups excluding carboxylic acids is 1. The summed E-state index contributed by atoms with van der Waals surface area (Å²) < 4.78 is 32.9. The molecule has 134 valence electrons. The van der Waals surface area contributed by atoms with Gasteiger partial charge >= 0.3 is 0 Å². The summed E-state index contributed by atoms with van der Waals surface area (Å²) in [5.41, 5.74) is 1.61. The van der Waals surface area contributed by atoms with Crippen molar-refractivity contribution >= 4 is 21.6 Å². The molecule has 0 spiro atoms. The molecule has 0 atom stereocenters. The first-order valence-electron chi connectivity index (χ1n) is 8.13. The van der Waals surface area contributed by atoms with E-state index >= 15 is 0 Å². The number of nitrogens with zero attached hydrogens (tertiary/aromatic N) is 1. The van der Waals surface area contributed by atoms with Crippen molar-refractivity contribution in [2.45, 2.75) is 44.4 Å². The Hall–Kier alpha value is -1.44. The fourth-order valence-electron chi connectivity index (χ4n) is 3.07. The molecule has 1 aromatic carbocycles. The topological polar surface area (TPSA) is 75.7 Å². The number of amides is 1. The van der Waals surface area contributed by atoms with Crippen LogP contribution in [0.3, 0.4) is 0 Å². The molecular weight excluding hydrogens is 328 g/mol. The Morgan fingerprint density at radius 3 is 2.58 bits per heavy atom. The fraction of sp³-hybridized carbons (Fsp3) is 0.588. The molecule has 1 N–H and O–H groups in total. The molecule has 24 heavy (non-hydrogen) atoms. The lowest BCUT2D eigenvalue weighted by Gasteiger charge is -2.17. The zero-order valence-electron chi connectivity index (χ0n) is 15.0. The second kappa shape index (κ2) is 6.82. The number of hydrogen-bond donors (Lipinski definition) is 1. The van der Waals surface area contributed by atoms with Crippen LogP contribution in [-0.2, 0) is 25.0 Å². The normalized spacial score (nSPS) is 16.5. The number of anilines is 1. The Morgan fingerprint density at radius 1 is 1.29 bits per heavy atom. The number of rotatable bonds is 7. The van der Waals surface area contributed by atoms with E-state index in [1.165, 1.54) is 0 Å². The molecule has 0 saturated carbocycles. The highest BCUT2D eigenvalue weighted by atomic mass is 32.2. The Kier molecular flexibility index (Phi) is 5.37. The number of likely N-dealkylation sites (N-methyl/N-ethyl adjacent to an activating group) is 1. The largest absolute Gasteiger partial charge is 0.382 e. The molecule has 0 unspecified atom stereocenters. The molecule has 1 aliphatic rings. The van der Waals surface area contributed by atoms with Gasteiger partial charge in [-0.05, 0) is 57.4 Å². The van der Waals surface area contributed by atoms with Gasteiger partial charge < -0.3 is 9.64 Å². The maximum absolute atomic E-state index is 12.5. The van der Waals surface area contributed by atoms with Crippen LogP contribution in [0.5, 0.6) is 0 Å². The number of sulfonamides is 1. The van der Waals surface area contributed by atoms with E-state index in [0.717, 1.165) is 16.8 Å². The minimum Gasteiger partial charge on any atom is -0.382 e. The molecule has 0 aromatic heterocycles. The van der Waals surface area contributed by atoms with Crippen LogP contribution in [0.15, 0.2) is 17.0 Å². The van der Waals surface area contributed by atoms with Crippen molar-refractivity contribution in [3.8, 4) is 0 Å². The Bertz CT molecular complexity index is 741. The number of nitrogens with one attached hydrogen (secondary N) is 1. The van der Waals surface area contributed by atoms with Gasteiger partial charge in [-0.2, -0.15) is 0 Å². The highest BCUT2D eigenvalue weighted by molar-refractivity contribution is 7.89. The summed E-state index contributed by atoms with van der Waals surface area (Å²) in [6.07, 6.45) is 0.615. The molecule has 2 rings (SSSR count). The summed E-state index contributed by atoms with van der Waals surface area (Å²) in [4.78, 5) is 14.2. The smallest absolute Gasteiger partial charge is 0.240 e. The monoisotopic (exact) mass is 354 g/mol. The standard InChI is InChI=1S/C17H26N2O4S/c1-6-23-9-7-8-18-24(21,22)13-10-12(2)15-14(11-13)17(3,4)16(20)19(15)5/h10-11,18H,6-9H2,1-5H3. The van der Waals surface area contributed by atoms with E-state index in [-0.39, 0.29) is 10.8 Å². The number of aryl methyl sites for hydroxylation is 1. The second-order valence-electron chi connectivity index (χ2n) is 6.57. The third kappa shape index (κ3) is 3.34. The van der Waals surface area contributed by atoms with Gasteiger partial charge in [-0.25, -0.2) is 13.1 Å². The van der Waals surface area contributed by atoms with Gasteiger partial charge in [0.1, 0.15) is 0 Å². The van der Waals surface area contributed by atoms with E-state index < -0.39 is 15.4 Å². The lowest BCUT2D eigenvalue weighted by Crippen LogP contribution is -2.33. The summed E-state index contributed by atoms with van der Waals surface area (Å²) in [5, 5.41) is 0. The molecule has 0 saturated heterocycles. The van der Waals surface area contributed by atoms with Crippen molar-refractivity contribution in [1.29, 1.82) is 0 Å². The summed E-state index contributed by atoms with van der Waals surface area (Å²) in [5.74, 6) is -0.0279. The van der Waals surface area contributed by atoms with Gasteiger partial charge in [0.25, 0.3) is 0 Å². The third-order valence-electron chi connectivity index (χ3n) is 4.39. The summed E-state index contributed by atoms with van der Waals surface area (Å²) >= 11 is 0. The number of carbonyl (C=O) groups is 1. The maximum atomic E-state index is 12.5. The quantitative estimate of drug-likeness (QED) is 0.760. The minimum atomic E-state index is -3.61. The van der Waals surface area contributed by atoms with E-state index in [1.54, 1.807) is 24.1 Å². The molecule has 1 heterocycles. The van der Waals surface area contributed by atoms with Gasteiger partial charge in [-0.1, -0.05) is 0 Å². The predicted octanol–water partition coefficient (Wildman–Crippen LogP) is 1.95. The van der Waals surface area contributed by atoms with Crippen molar-refractivity contribution in [3.63, 3.8) is 0 Å². The summed E-state index contributed by atoms with van der Waals surface area (Å²) in [6.45, 7) is 8.84. The number of ether oxygens (including phenoxy) is 1. The molecule has 1 aromatic rings. The van der Waals surface area contributed by atoms with Crippen LogP contribution in [0.2, 0.25) is 0 Å². The van der Waals surface area contributed by atoms with Crippen LogP contribution in [0.4, 0.5) is 5.69 Å². The first-order chi connectivity index (χ1) is 11.1. The van der Waals surface area contributed by atoms with Crippen LogP contribution < -0.4 is 9.62 Å². The van der Waals surface area contributed by atoms with Gasteiger partial charge in [-0.15, -0.1) is 0 Å². The molecule has 0 aliphatic carbocycles. The molecule has 1 amide bonds. The molecule has 0 fully saturated rings. The van der Waals surface area contributed by atoms with Crippen LogP contribution in [0.1, 0.15) is 38.3 Å². The third-order valence-corrected chi connectivity index (χ3v) is 5.83. The highest BCUT2D eigenvalue weighted by Gasteiger charge is 2.43. The average Bonchev–Trinajstić information content (AvgIpc) is 2.68. The molecule has 7 heteroatoms. The summed E-state index contributed by atoms with van der Waals surface area (Å²) in [7, 11) is -1.89. The number of hydrogen-bond acceptors (Lipinski definition) is 4. The lowest BCUT2D eigenvalue weighted by molar-refractivity contribution is -0.121. The van der Waals surface area contributed by atoms with Crippen LogP contribution in [-0.4, -0.2) is 41.1 Å². The van der Waals surface area contributed by atoms with Gasteiger partial charge in [0.05, 0.1) is 16.0 Å². The van der Waals surface area contributed by atoms with E-state index in [4.69, 9.17) is 4.74 Å². The Labute approximate surface area is 144 Å².